The molecule has 2 fully saturated rings. The van der Waals surface area contributed by atoms with Gasteiger partial charge < -0.3 is 9.64 Å². The molecule has 2 atom stereocenters. The molecule has 0 bridgehead atoms. The van der Waals surface area contributed by atoms with E-state index in [0.717, 1.165) is 44.5 Å². The molecule has 3 aromatic rings. The van der Waals surface area contributed by atoms with Crippen LogP contribution in [0.3, 0.4) is 0 Å². The number of aromatic nitrogens is 3. The van der Waals surface area contributed by atoms with Gasteiger partial charge in [-0.05, 0) is 42.0 Å². The summed E-state index contributed by atoms with van der Waals surface area (Å²) in [6, 6.07) is 3.78. The van der Waals surface area contributed by atoms with Crippen LogP contribution in [0.4, 0.5) is 5.82 Å². The SMILES string of the molecule is COC[C@@H]1CCCN1c1ccc2c(=O)c([S+](=O)(O)N3CCCCC3)cn(-c3nccs3)c2n1. The highest BCUT2D eigenvalue weighted by Crippen LogP contribution is 2.29. The Morgan fingerprint density at radius 3 is 2.76 bits per heavy atom. The molecule has 0 radical (unpaired) electrons. The van der Waals surface area contributed by atoms with Crippen molar-refractivity contribution in [3.05, 3.63) is 40.1 Å². The fourth-order valence-electron chi connectivity index (χ4n) is 4.75. The zero-order chi connectivity index (χ0) is 23.0. The molecule has 2 saturated heterocycles. The van der Waals surface area contributed by atoms with Crippen LogP contribution in [0.25, 0.3) is 16.2 Å². The predicted octanol–water partition coefficient (Wildman–Crippen LogP) is 3.19. The minimum Gasteiger partial charge on any atom is -0.383 e. The second kappa shape index (κ2) is 9.22. The maximum absolute atomic E-state index is 13.5. The van der Waals surface area contributed by atoms with Crippen molar-refractivity contribution in [3.63, 3.8) is 0 Å². The van der Waals surface area contributed by atoms with Crippen LogP contribution in [-0.4, -0.2) is 62.8 Å². The van der Waals surface area contributed by atoms with Crippen molar-refractivity contribution in [1.82, 2.24) is 18.8 Å². The summed E-state index contributed by atoms with van der Waals surface area (Å²) >= 11 is 1.39. The number of nitrogens with zero attached hydrogens (tertiary/aromatic N) is 5. The molecule has 0 amide bonds. The maximum atomic E-state index is 13.5. The average Bonchev–Trinajstić information content (AvgIpc) is 3.52. The lowest BCUT2D eigenvalue weighted by Crippen LogP contribution is -2.42. The molecule has 2 aliphatic rings. The fraction of sp³-hybridized carbons (Fsp3) is 0.500. The van der Waals surface area contributed by atoms with Gasteiger partial charge in [0.25, 0.3) is 10.3 Å². The molecule has 1 unspecified atom stereocenters. The summed E-state index contributed by atoms with van der Waals surface area (Å²) in [6.07, 6.45) is 7.92. The Hall–Kier alpha value is -2.18. The van der Waals surface area contributed by atoms with E-state index < -0.39 is 15.8 Å². The molecular weight excluding hydrogens is 462 g/mol. The van der Waals surface area contributed by atoms with E-state index in [9.17, 15) is 13.6 Å². The molecule has 5 heterocycles. The van der Waals surface area contributed by atoms with Gasteiger partial charge in [0.05, 0.1) is 24.2 Å². The van der Waals surface area contributed by atoms with Crippen LogP contribution in [-0.2, 0) is 19.3 Å². The van der Waals surface area contributed by atoms with Crippen LogP contribution in [0, 0.1) is 0 Å². The number of methoxy groups -OCH3 is 1. The summed E-state index contributed by atoms with van der Waals surface area (Å²) < 4.78 is 33.2. The number of thiazole rings is 1. The van der Waals surface area contributed by atoms with Gasteiger partial charge in [-0.15, -0.1) is 11.3 Å². The molecule has 2 aliphatic heterocycles. The van der Waals surface area contributed by atoms with Gasteiger partial charge >= 0.3 is 10.4 Å². The molecule has 1 N–H and O–H groups in total. The number of fused-ring (bicyclic) bond motifs is 1. The highest BCUT2D eigenvalue weighted by Gasteiger charge is 2.43. The summed E-state index contributed by atoms with van der Waals surface area (Å²) in [5.74, 6) is 0.764. The predicted molar refractivity (Wildman–Crippen MR) is 130 cm³/mol. The van der Waals surface area contributed by atoms with Gasteiger partial charge in [-0.2, -0.15) is 4.55 Å². The third kappa shape index (κ3) is 4.12. The Bertz CT molecular complexity index is 1240. The van der Waals surface area contributed by atoms with E-state index in [1.165, 1.54) is 21.8 Å². The highest BCUT2D eigenvalue weighted by atomic mass is 32.3. The Morgan fingerprint density at radius 1 is 1.21 bits per heavy atom. The van der Waals surface area contributed by atoms with Gasteiger partial charge in [0, 0.05) is 38.3 Å². The lowest BCUT2D eigenvalue weighted by Gasteiger charge is -2.26. The molecule has 0 saturated carbocycles. The van der Waals surface area contributed by atoms with E-state index in [0.29, 0.717) is 35.9 Å². The normalized spacial score (nSPS) is 21.5. The van der Waals surface area contributed by atoms with Crippen molar-refractivity contribution < 1.29 is 13.5 Å². The van der Waals surface area contributed by atoms with Crippen LogP contribution in [0.2, 0.25) is 0 Å². The summed E-state index contributed by atoms with van der Waals surface area (Å²) in [7, 11) is -1.97. The molecule has 33 heavy (non-hydrogen) atoms. The second-order valence-electron chi connectivity index (χ2n) is 8.48. The van der Waals surface area contributed by atoms with E-state index in [4.69, 9.17) is 9.72 Å². The molecule has 3 aromatic heterocycles. The zero-order valence-electron chi connectivity index (χ0n) is 18.6. The number of pyridine rings is 2. The fourth-order valence-corrected chi connectivity index (χ4v) is 7.00. The Labute approximate surface area is 197 Å². The van der Waals surface area contributed by atoms with E-state index >= 15 is 0 Å². The minimum atomic E-state index is -3.67. The van der Waals surface area contributed by atoms with E-state index in [1.807, 2.05) is 11.4 Å². The lowest BCUT2D eigenvalue weighted by atomic mass is 10.2. The van der Waals surface area contributed by atoms with Crippen molar-refractivity contribution >= 4 is 38.6 Å². The van der Waals surface area contributed by atoms with Crippen LogP contribution in [0.15, 0.2) is 39.6 Å². The first kappa shape index (κ1) is 22.6. The van der Waals surface area contributed by atoms with Gasteiger partial charge in [-0.25, -0.2) is 9.97 Å². The largest absolute Gasteiger partial charge is 0.383 e. The van der Waals surface area contributed by atoms with Crippen LogP contribution >= 0.6 is 11.3 Å². The Kier molecular flexibility index (Phi) is 6.32. The number of rotatable bonds is 6. The van der Waals surface area contributed by atoms with Crippen molar-refractivity contribution in [3.8, 4) is 5.13 Å². The molecular formula is C22H28N5O4S2+. The molecule has 0 aliphatic carbocycles. The standard InChI is InChI=1S/C22H27N5O4S2/c1-31-15-16-6-5-12-26(16)19-8-7-17-20(28)18(33(29,30)25-10-3-2-4-11-25)14-27(21(17)24-19)22-23-9-13-32-22/h7-9,13-14,16H,2-6,10-12,15H2,1H3/p+1/t16-/m0/s1. The molecule has 11 heteroatoms. The van der Waals surface area contributed by atoms with Crippen LogP contribution in [0.1, 0.15) is 32.1 Å². The van der Waals surface area contributed by atoms with Crippen molar-refractivity contribution in [1.29, 1.82) is 0 Å². The van der Waals surface area contributed by atoms with Gasteiger partial charge in [-0.3, -0.25) is 9.36 Å². The smallest absolute Gasteiger partial charge is 0.331 e. The van der Waals surface area contributed by atoms with Crippen molar-refractivity contribution in [2.45, 2.75) is 43.0 Å². The van der Waals surface area contributed by atoms with E-state index in [-0.39, 0.29) is 10.9 Å². The molecule has 9 nitrogen and oxygen atoms in total. The average molecular weight is 491 g/mol. The van der Waals surface area contributed by atoms with Crippen LogP contribution in [0.5, 0.6) is 0 Å². The van der Waals surface area contributed by atoms with Crippen molar-refractivity contribution in [2.75, 3.05) is 38.3 Å². The third-order valence-corrected chi connectivity index (χ3v) is 9.11. The summed E-state index contributed by atoms with van der Waals surface area (Å²) in [5.41, 5.74) is -0.0158. The van der Waals surface area contributed by atoms with Crippen LogP contribution < -0.4 is 10.3 Å². The number of ether oxygens (including phenoxy) is 1. The second-order valence-corrected chi connectivity index (χ2v) is 11.3. The summed E-state index contributed by atoms with van der Waals surface area (Å²) in [5, 5.41) is 2.74. The number of piperidine rings is 1. The topological polar surface area (TPSA) is 101 Å². The van der Waals surface area contributed by atoms with Gasteiger partial charge in [-0.1, -0.05) is 10.7 Å². The quantitative estimate of drug-likeness (QED) is 0.530. The third-order valence-electron chi connectivity index (χ3n) is 6.41. The van der Waals surface area contributed by atoms with E-state index in [2.05, 4.69) is 9.88 Å². The number of hydrogen-bond acceptors (Lipinski definition) is 7. The van der Waals surface area contributed by atoms with Crippen molar-refractivity contribution in [2.24, 2.45) is 0 Å². The summed E-state index contributed by atoms with van der Waals surface area (Å²) in [4.78, 5) is 24.8. The molecule has 5 rings (SSSR count). The first-order valence-electron chi connectivity index (χ1n) is 11.2. The first-order chi connectivity index (χ1) is 16.0. The summed E-state index contributed by atoms with van der Waals surface area (Å²) in [6.45, 7) is 2.47. The first-order valence-corrected chi connectivity index (χ1v) is 13.6. The Morgan fingerprint density at radius 2 is 2.03 bits per heavy atom. The zero-order valence-corrected chi connectivity index (χ0v) is 20.2. The maximum Gasteiger partial charge on any atom is 0.331 e. The van der Waals surface area contributed by atoms with Gasteiger partial charge in [0.1, 0.15) is 5.82 Å². The molecule has 176 valence electrons. The van der Waals surface area contributed by atoms with E-state index in [1.54, 1.807) is 23.9 Å². The molecule has 0 spiro atoms. The molecule has 0 aromatic carbocycles. The minimum absolute atomic E-state index is 0.111. The monoisotopic (exact) mass is 490 g/mol. The van der Waals surface area contributed by atoms with Gasteiger partial charge in [0.2, 0.25) is 0 Å². The Balaban J connectivity index is 1.67. The number of anilines is 1. The highest BCUT2D eigenvalue weighted by molar-refractivity contribution is 7.95. The van der Waals surface area contributed by atoms with Gasteiger partial charge in [0.15, 0.2) is 10.8 Å². The lowest BCUT2D eigenvalue weighted by molar-refractivity contribution is 0.180. The number of hydrogen-bond donors (Lipinski definition) is 1.